The molecule has 3 aromatic rings. The van der Waals surface area contributed by atoms with Crippen LogP contribution in [0.15, 0.2) is 34.9 Å². The Balaban J connectivity index is 1.65. The van der Waals surface area contributed by atoms with Crippen LogP contribution in [0.5, 0.6) is 0 Å². The summed E-state index contributed by atoms with van der Waals surface area (Å²) in [6, 6.07) is 1.09. The maximum atomic E-state index is 10.9. The molecule has 0 bridgehead atoms. The summed E-state index contributed by atoms with van der Waals surface area (Å²) in [6.45, 7) is -0.372. The van der Waals surface area contributed by atoms with Crippen LogP contribution in [0.2, 0.25) is 10.2 Å². The van der Waals surface area contributed by atoms with E-state index in [1.807, 2.05) is 0 Å². The highest BCUT2D eigenvalue weighted by atomic mass is 35.5. The first-order valence-electron chi connectivity index (χ1n) is 8.77. The fourth-order valence-corrected chi connectivity index (χ4v) is 5.52. The van der Waals surface area contributed by atoms with Gasteiger partial charge in [-0.2, -0.15) is 0 Å². The first kappa shape index (κ1) is 21.9. The summed E-state index contributed by atoms with van der Waals surface area (Å²) in [4.78, 5) is 9.03. The molecule has 1 fully saturated rings. The largest absolute Gasteiger partial charge is 0.394 e. The molecule has 1 aliphatic rings. The van der Waals surface area contributed by atoms with Gasteiger partial charge in [-0.25, -0.2) is 9.67 Å². The van der Waals surface area contributed by atoms with E-state index in [1.54, 1.807) is 23.8 Å². The van der Waals surface area contributed by atoms with E-state index in [0.29, 0.717) is 20.9 Å². The molecule has 1 saturated heterocycles. The first-order chi connectivity index (χ1) is 14.5. The molecule has 5 atom stereocenters. The summed E-state index contributed by atoms with van der Waals surface area (Å²) >= 11 is 14.6. The molecule has 0 unspecified atom stereocenters. The Hall–Kier alpha value is -1.31. The van der Waals surface area contributed by atoms with E-state index in [-0.39, 0.29) is 6.61 Å². The molecule has 0 saturated carbocycles. The highest BCUT2D eigenvalue weighted by Crippen LogP contribution is 2.40. The second kappa shape index (κ2) is 9.45. The van der Waals surface area contributed by atoms with Crippen molar-refractivity contribution in [3.05, 3.63) is 40.2 Å². The molecule has 1 aliphatic heterocycles. The van der Waals surface area contributed by atoms with Gasteiger partial charge < -0.3 is 19.7 Å². The van der Waals surface area contributed by atoms with Crippen LogP contribution in [0.25, 0.3) is 10.7 Å². The average molecular weight is 490 g/mol. The van der Waals surface area contributed by atoms with Crippen LogP contribution in [-0.2, 0) is 9.47 Å². The molecule has 30 heavy (non-hydrogen) atoms. The van der Waals surface area contributed by atoms with Crippen LogP contribution >= 0.6 is 46.3 Å². The third kappa shape index (κ3) is 4.48. The molecule has 3 aromatic heterocycles. The zero-order valence-electron chi connectivity index (χ0n) is 15.5. The van der Waals surface area contributed by atoms with Crippen molar-refractivity contribution in [2.24, 2.45) is 0 Å². The van der Waals surface area contributed by atoms with Gasteiger partial charge in [0.1, 0.15) is 45.6 Å². The number of halogens is 2. The molecule has 4 heterocycles. The minimum Gasteiger partial charge on any atom is -0.394 e. The molecule has 0 radical (unpaired) electrons. The van der Waals surface area contributed by atoms with Crippen LogP contribution in [0.4, 0.5) is 0 Å². The quantitative estimate of drug-likeness (QED) is 0.538. The van der Waals surface area contributed by atoms with Crippen molar-refractivity contribution in [2.45, 2.75) is 34.7 Å². The van der Waals surface area contributed by atoms with Crippen molar-refractivity contribution < 1.29 is 19.7 Å². The minimum absolute atomic E-state index is 0.372. The Morgan fingerprint density at radius 3 is 2.87 bits per heavy atom. The minimum atomic E-state index is -1.08. The van der Waals surface area contributed by atoms with E-state index in [4.69, 9.17) is 32.7 Å². The Kier molecular flexibility index (Phi) is 6.90. The number of rotatable bonds is 6. The molecular formula is C17H17Cl2N5O4S2. The lowest BCUT2D eigenvalue weighted by atomic mass is 9.97. The second-order valence-electron chi connectivity index (χ2n) is 6.42. The van der Waals surface area contributed by atoms with Crippen LogP contribution in [0.3, 0.4) is 0 Å². The highest BCUT2D eigenvalue weighted by Gasteiger charge is 2.47. The van der Waals surface area contributed by atoms with Crippen molar-refractivity contribution >= 4 is 46.3 Å². The SMILES string of the molecule is CO[C@@H]1[C@@H](n2cc(-c3nc(Cl)cs3)nn2)[C@@H](O)[C@@H](CO)O[C@@H]1Sc1cncc(Cl)c1. The number of ether oxygens (including phenoxy) is 2. The highest BCUT2D eigenvalue weighted by molar-refractivity contribution is 7.99. The number of aliphatic hydroxyl groups excluding tert-OH is 2. The lowest BCUT2D eigenvalue weighted by Crippen LogP contribution is -2.55. The first-order valence-corrected chi connectivity index (χ1v) is 11.3. The zero-order chi connectivity index (χ0) is 21.3. The van der Waals surface area contributed by atoms with Gasteiger partial charge in [-0.05, 0) is 6.07 Å². The maximum absolute atomic E-state index is 10.9. The second-order valence-corrected chi connectivity index (χ2v) is 9.28. The molecular weight excluding hydrogens is 473 g/mol. The molecule has 9 nitrogen and oxygen atoms in total. The Morgan fingerprint density at radius 1 is 1.37 bits per heavy atom. The molecule has 4 rings (SSSR count). The predicted octanol–water partition coefficient (Wildman–Crippen LogP) is 2.53. The van der Waals surface area contributed by atoms with Gasteiger partial charge in [-0.15, -0.1) is 16.4 Å². The topological polar surface area (TPSA) is 115 Å². The number of hydrogen-bond donors (Lipinski definition) is 2. The van der Waals surface area contributed by atoms with Gasteiger partial charge in [0.25, 0.3) is 0 Å². The molecule has 0 spiro atoms. The van der Waals surface area contributed by atoms with Gasteiger partial charge in [-0.3, -0.25) is 4.98 Å². The van der Waals surface area contributed by atoms with Gasteiger partial charge in [0.05, 0.1) is 17.8 Å². The number of thioether (sulfide) groups is 1. The smallest absolute Gasteiger partial charge is 0.147 e. The number of pyridine rings is 1. The van der Waals surface area contributed by atoms with Gasteiger partial charge in [0, 0.05) is 29.8 Å². The fraction of sp³-hybridized carbons (Fsp3) is 0.412. The molecule has 0 amide bonds. The van der Waals surface area contributed by atoms with Crippen LogP contribution in [-0.4, -0.2) is 72.6 Å². The van der Waals surface area contributed by atoms with Crippen molar-refractivity contribution in [1.29, 1.82) is 0 Å². The molecule has 160 valence electrons. The monoisotopic (exact) mass is 489 g/mol. The van der Waals surface area contributed by atoms with E-state index in [2.05, 4.69) is 20.3 Å². The van der Waals surface area contributed by atoms with Crippen molar-refractivity contribution in [1.82, 2.24) is 25.0 Å². The number of methoxy groups -OCH3 is 1. The molecule has 0 aliphatic carbocycles. The summed E-state index contributed by atoms with van der Waals surface area (Å²) in [5, 5.41) is 32.1. The number of thiazole rings is 1. The van der Waals surface area contributed by atoms with E-state index < -0.39 is 29.8 Å². The van der Waals surface area contributed by atoms with E-state index >= 15 is 0 Å². The Bertz CT molecular complexity index is 1010. The summed E-state index contributed by atoms with van der Waals surface area (Å²) < 4.78 is 13.1. The summed E-state index contributed by atoms with van der Waals surface area (Å²) in [6.07, 6.45) is 2.32. The van der Waals surface area contributed by atoms with Crippen molar-refractivity contribution in [2.75, 3.05) is 13.7 Å². The molecule has 0 aromatic carbocycles. The van der Waals surface area contributed by atoms with Gasteiger partial charge in [0.2, 0.25) is 0 Å². The van der Waals surface area contributed by atoms with Crippen LogP contribution < -0.4 is 0 Å². The van der Waals surface area contributed by atoms with Crippen LogP contribution in [0, 0.1) is 0 Å². The summed E-state index contributed by atoms with van der Waals surface area (Å²) in [7, 11) is 1.52. The number of aliphatic hydroxyl groups is 2. The van der Waals surface area contributed by atoms with E-state index in [0.717, 1.165) is 4.90 Å². The normalized spacial score (nSPS) is 26.8. The van der Waals surface area contributed by atoms with Crippen LogP contribution in [0.1, 0.15) is 6.04 Å². The lowest BCUT2D eigenvalue weighted by molar-refractivity contribution is -0.186. The molecule has 13 heteroatoms. The predicted molar refractivity (Wildman–Crippen MR) is 113 cm³/mol. The third-order valence-corrected chi connectivity index (χ3v) is 7.04. The Labute approximate surface area is 190 Å². The van der Waals surface area contributed by atoms with Gasteiger partial charge in [0.15, 0.2) is 0 Å². The van der Waals surface area contributed by atoms with Gasteiger partial charge >= 0.3 is 0 Å². The summed E-state index contributed by atoms with van der Waals surface area (Å²) in [5.74, 6) is 0. The number of hydrogen-bond acceptors (Lipinski definition) is 10. The van der Waals surface area contributed by atoms with E-state index in [9.17, 15) is 10.2 Å². The lowest BCUT2D eigenvalue weighted by Gasteiger charge is -2.43. The van der Waals surface area contributed by atoms with Crippen molar-refractivity contribution in [3.8, 4) is 10.7 Å². The van der Waals surface area contributed by atoms with Gasteiger partial charge in [-0.1, -0.05) is 40.2 Å². The summed E-state index contributed by atoms with van der Waals surface area (Å²) in [5.41, 5.74) is -0.0491. The Morgan fingerprint density at radius 2 is 2.20 bits per heavy atom. The number of nitrogens with zero attached hydrogens (tertiary/aromatic N) is 5. The maximum Gasteiger partial charge on any atom is 0.147 e. The average Bonchev–Trinajstić information content (AvgIpc) is 3.37. The standard InChI is InChI=1S/C17H17Cl2N5O4S2/c1-27-15-13(24-5-10(22-23-24)16-21-12(19)7-29-16)14(26)11(6-25)28-17(15)30-9-2-8(18)3-20-4-9/h2-5,7,11,13-15,17,25-26H,6H2,1H3/t11-,13+,14+,15-,17-/m1/s1. The van der Waals surface area contributed by atoms with E-state index in [1.165, 1.54) is 41.1 Å². The zero-order valence-corrected chi connectivity index (χ0v) is 18.6. The van der Waals surface area contributed by atoms with Crippen molar-refractivity contribution in [3.63, 3.8) is 0 Å². The fourth-order valence-electron chi connectivity index (χ4n) is 3.19. The third-order valence-electron chi connectivity index (χ3n) is 4.54. The number of aromatic nitrogens is 5. The molecule has 2 N–H and O–H groups in total.